The van der Waals surface area contributed by atoms with Gasteiger partial charge in [-0.1, -0.05) is 78.9 Å². The summed E-state index contributed by atoms with van der Waals surface area (Å²) in [6.45, 7) is 0. The molecular formula is C25H16N2. The summed E-state index contributed by atoms with van der Waals surface area (Å²) < 4.78 is 0. The van der Waals surface area contributed by atoms with Gasteiger partial charge in [0.25, 0.3) is 0 Å². The average molecular weight is 344 g/mol. The first-order chi connectivity index (χ1) is 13.4. The van der Waals surface area contributed by atoms with Crippen LogP contribution in [0.2, 0.25) is 0 Å². The second kappa shape index (κ2) is 5.42. The summed E-state index contributed by atoms with van der Waals surface area (Å²) in [5, 5.41) is 0. The highest BCUT2D eigenvalue weighted by atomic mass is 14.9. The summed E-state index contributed by atoms with van der Waals surface area (Å²) in [5.74, 6) is 0. The van der Waals surface area contributed by atoms with E-state index in [9.17, 15) is 0 Å². The minimum atomic E-state index is 1.02. The number of imidazole rings is 1. The maximum Gasteiger partial charge on any atom is 0.0967 e. The van der Waals surface area contributed by atoms with Gasteiger partial charge in [-0.15, -0.1) is 0 Å². The monoisotopic (exact) mass is 344 g/mol. The molecule has 1 aliphatic carbocycles. The summed E-state index contributed by atoms with van der Waals surface area (Å²) in [7, 11) is 0. The van der Waals surface area contributed by atoms with Crippen molar-refractivity contribution < 1.29 is 0 Å². The number of nitrogens with one attached hydrogen (secondary N) is 1. The molecule has 1 heterocycles. The van der Waals surface area contributed by atoms with Crippen molar-refractivity contribution in [2.45, 2.75) is 0 Å². The lowest BCUT2D eigenvalue weighted by atomic mass is 9.80. The Hall–Kier alpha value is -3.65. The maximum atomic E-state index is 4.68. The largest absolute Gasteiger partial charge is 0.345 e. The van der Waals surface area contributed by atoms with Gasteiger partial charge >= 0.3 is 0 Å². The van der Waals surface area contributed by atoms with Gasteiger partial charge in [0, 0.05) is 5.56 Å². The lowest BCUT2D eigenvalue weighted by Gasteiger charge is -2.23. The standard InChI is InChI=1S/C25H16N2/c1-2-8-17-16(7-1)18-9-3-4-11-20(18)22-13-14-23-25(27-15-26-23)24(22)21-12-6-5-10-19(17)21/h1-15H,(H,26,27). The van der Waals surface area contributed by atoms with E-state index >= 15 is 0 Å². The van der Waals surface area contributed by atoms with E-state index in [-0.39, 0.29) is 0 Å². The number of aromatic nitrogens is 2. The van der Waals surface area contributed by atoms with Crippen molar-refractivity contribution in [2.24, 2.45) is 0 Å². The summed E-state index contributed by atoms with van der Waals surface area (Å²) in [4.78, 5) is 7.95. The Labute approximate surface area is 157 Å². The molecule has 1 N–H and O–H groups in total. The highest BCUT2D eigenvalue weighted by Crippen LogP contribution is 2.48. The van der Waals surface area contributed by atoms with Crippen molar-refractivity contribution >= 4 is 11.0 Å². The lowest BCUT2D eigenvalue weighted by molar-refractivity contribution is 1.34. The second-order valence-electron chi connectivity index (χ2n) is 6.92. The van der Waals surface area contributed by atoms with E-state index in [0.29, 0.717) is 0 Å². The van der Waals surface area contributed by atoms with E-state index in [4.69, 9.17) is 0 Å². The molecule has 126 valence electrons. The average Bonchev–Trinajstić information content (AvgIpc) is 3.21. The molecule has 0 radical (unpaired) electrons. The van der Waals surface area contributed by atoms with Crippen molar-refractivity contribution in [3.63, 3.8) is 0 Å². The molecule has 2 nitrogen and oxygen atoms in total. The number of nitrogens with zero attached hydrogens (tertiary/aromatic N) is 1. The van der Waals surface area contributed by atoms with Crippen LogP contribution < -0.4 is 0 Å². The Morgan fingerprint density at radius 2 is 0.963 bits per heavy atom. The Morgan fingerprint density at radius 1 is 0.481 bits per heavy atom. The topological polar surface area (TPSA) is 28.7 Å². The van der Waals surface area contributed by atoms with Crippen molar-refractivity contribution in [1.29, 1.82) is 0 Å². The van der Waals surface area contributed by atoms with E-state index in [1.54, 1.807) is 6.33 Å². The molecule has 2 heteroatoms. The Bertz CT molecular complexity index is 1320. The molecule has 0 aliphatic heterocycles. The first kappa shape index (κ1) is 14.5. The zero-order valence-electron chi connectivity index (χ0n) is 14.6. The minimum absolute atomic E-state index is 1.02. The fraction of sp³-hybridized carbons (Fsp3) is 0. The Kier molecular flexibility index (Phi) is 2.91. The molecule has 0 spiro atoms. The van der Waals surface area contributed by atoms with Crippen molar-refractivity contribution in [1.82, 2.24) is 9.97 Å². The van der Waals surface area contributed by atoms with Gasteiger partial charge in [0.05, 0.1) is 17.4 Å². The summed E-state index contributed by atoms with van der Waals surface area (Å²) in [5.41, 5.74) is 12.0. The highest BCUT2D eigenvalue weighted by Gasteiger charge is 2.23. The molecule has 1 aliphatic rings. The van der Waals surface area contributed by atoms with Crippen LogP contribution in [0.15, 0.2) is 91.3 Å². The van der Waals surface area contributed by atoms with E-state index in [1.165, 1.54) is 44.5 Å². The quantitative estimate of drug-likeness (QED) is 0.333. The van der Waals surface area contributed by atoms with Crippen LogP contribution in [0.5, 0.6) is 0 Å². The number of H-pyrrole nitrogens is 1. The third-order valence-corrected chi connectivity index (χ3v) is 5.51. The van der Waals surface area contributed by atoms with Gasteiger partial charge in [-0.05, 0) is 45.0 Å². The zero-order valence-corrected chi connectivity index (χ0v) is 14.6. The highest BCUT2D eigenvalue weighted by molar-refractivity contribution is 6.09. The fourth-order valence-corrected chi connectivity index (χ4v) is 4.35. The number of aromatic amines is 1. The van der Waals surface area contributed by atoms with Crippen LogP contribution in [0, 0.1) is 0 Å². The molecule has 0 fully saturated rings. The lowest BCUT2D eigenvalue weighted by Crippen LogP contribution is -1.97. The van der Waals surface area contributed by atoms with Crippen LogP contribution in [-0.4, -0.2) is 9.97 Å². The van der Waals surface area contributed by atoms with E-state index < -0.39 is 0 Å². The van der Waals surface area contributed by atoms with Crippen LogP contribution >= 0.6 is 0 Å². The van der Waals surface area contributed by atoms with E-state index in [1.807, 2.05) is 0 Å². The third kappa shape index (κ3) is 1.98. The summed E-state index contributed by atoms with van der Waals surface area (Å²) in [6, 6.07) is 30.4. The van der Waals surface area contributed by atoms with Gasteiger partial charge in [0.15, 0.2) is 0 Å². The molecule has 0 atom stereocenters. The molecule has 5 aromatic rings. The maximum absolute atomic E-state index is 4.68. The zero-order chi connectivity index (χ0) is 17.8. The van der Waals surface area contributed by atoms with Crippen LogP contribution in [0.4, 0.5) is 0 Å². The second-order valence-corrected chi connectivity index (χ2v) is 6.92. The molecule has 4 aromatic carbocycles. The van der Waals surface area contributed by atoms with Gasteiger partial charge in [-0.3, -0.25) is 0 Å². The Balaban J connectivity index is 1.89. The van der Waals surface area contributed by atoms with Gasteiger partial charge in [0.2, 0.25) is 0 Å². The third-order valence-electron chi connectivity index (χ3n) is 5.51. The SMILES string of the molecule is c1ccc2c(c1)-c1ccccc1-c1ccc3[nH]cnc3c1-c1ccccc1-2. The molecule has 27 heavy (non-hydrogen) atoms. The van der Waals surface area contributed by atoms with Gasteiger partial charge < -0.3 is 4.98 Å². The number of hydrogen-bond acceptors (Lipinski definition) is 1. The Morgan fingerprint density at radius 3 is 1.56 bits per heavy atom. The van der Waals surface area contributed by atoms with Crippen LogP contribution in [-0.2, 0) is 0 Å². The van der Waals surface area contributed by atoms with E-state index in [0.717, 1.165) is 11.0 Å². The molecule has 6 rings (SSSR count). The molecule has 0 amide bonds. The van der Waals surface area contributed by atoms with Gasteiger partial charge in [0.1, 0.15) is 0 Å². The first-order valence-electron chi connectivity index (χ1n) is 9.16. The number of hydrogen-bond donors (Lipinski definition) is 1. The van der Waals surface area contributed by atoms with Crippen molar-refractivity contribution in [3.8, 4) is 44.5 Å². The summed E-state index contributed by atoms with van der Waals surface area (Å²) >= 11 is 0. The number of rotatable bonds is 0. The molecule has 0 unspecified atom stereocenters. The van der Waals surface area contributed by atoms with Gasteiger partial charge in [-0.25, -0.2) is 4.98 Å². The summed E-state index contributed by atoms with van der Waals surface area (Å²) in [6.07, 6.45) is 1.78. The smallest absolute Gasteiger partial charge is 0.0967 e. The van der Waals surface area contributed by atoms with Crippen molar-refractivity contribution in [3.05, 3.63) is 91.3 Å². The van der Waals surface area contributed by atoms with Crippen molar-refractivity contribution in [2.75, 3.05) is 0 Å². The van der Waals surface area contributed by atoms with Crippen LogP contribution in [0.25, 0.3) is 55.5 Å². The molecule has 0 saturated heterocycles. The molecule has 0 saturated carbocycles. The predicted octanol–water partition coefficient (Wildman–Crippen LogP) is 6.54. The van der Waals surface area contributed by atoms with Crippen LogP contribution in [0.3, 0.4) is 0 Å². The van der Waals surface area contributed by atoms with E-state index in [2.05, 4.69) is 94.9 Å². The normalized spacial score (nSPS) is 11.7. The number of fused-ring (bicyclic) bond motifs is 10. The molecule has 1 aromatic heterocycles. The molecule has 0 bridgehead atoms. The molecular weight excluding hydrogens is 328 g/mol. The number of benzene rings is 4. The minimum Gasteiger partial charge on any atom is -0.345 e. The fourth-order valence-electron chi connectivity index (χ4n) is 4.35. The van der Waals surface area contributed by atoms with Gasteiger partial charge in [-0.2, -0.15) is 0 Å². The predicted molar refractivity (Wildman–Crippen MR) is 111 cm³/mol. The van der Waals surface area contributed by atoms with Crippen LogP contribution in [0.1, 0.15) is 0 Å². The first-order valence-corrected chi connectivity index (χ1v) is 9.16.